The van der Waals surface area contributed by atoms with Gasteiger partial charge in [-0.3, -0.25) is 0 Å². The van der Waals surface area contributed by atoms with E-state index < -0.39 is 6.10 Å². The zero-order valence-electron chi connectivity index (χ0n) is 9.39. The molecule has 4 heteroatoms. The molecule has 0 saturated heterocycles. The van der Waals surface area contributed by atoms with Gasteiger partial charge >= 0.3 is 0 Å². The highest BCUT2D eigenvalue weighted by atomic mass is 35.5. The van der Waals surface area contributed by atoms with Crippen LogP contribution in [0.15, 0.2) is 39.9 Å². The predicted octanol–water partition coefficient (Wildman–Crippen LogP) is 4.54. The van der Waals surface area contributed by atoms with E-state index in [9.17, 15) is 5.11 Å². The Morgan fingerprint density at radius 3 is 2.76 bits per heavy atom. The van der Waals surface area contributed by atoms with Gasteiger partial charge in [-0.25, -0.2) is 0 Å². The first-order valence-electron chi connectivity index (χ1n) is 5.26. The van der Waals surface area contributed by atoms with Gasteiger partial charge in [-0.05, 0) is 40.9 Å². The van der Waals surface area contributed by atoms with Crippen molar-refractivity contribution in [1.29, 1.82) is 0 Å². The molecule has 1 heterocycles. The zero-order chi connectivity index (χ0) is 12.3. The third-order valence-electron chi connectivity index (χ3n) is 2.49. The molecule has 1 aromatic heterocycles. The van der Waals surface area contributed by atoms with Crippen molar-refractivity contribution in [3.8, 4) is 0 Å². The molecule has 1 N–H and O–H groups in total. The summed E-state index contributed by atoms with van der Waals surface area (Å²) < 4.78 is 0. The van der Waals surface area contributed by atoms with Gasteiger partial charge in [-0.2, -0.15) is 11.3 Å². The summed E-state index contributed by atoms with van der Waals surface area (Å²) in [6.07, 6.45) is -0.428. The standard InChI is InChI=1S/C13H13ClOS2/c1-9-6-16-7-10(9)12(15)8-17-13-5-3-2-4-11(13)14/h2-7,12,15H,8H2,1H3. The summed E-state index contributed by atoms with van der Waals surface area (Å²) in [5.41, 5.74) is 2.18. The van der Waals surface area contributed by atoms with E-state index in [-0.39, 0.29) is 0 Å². The lowest BCUT2D eigenvalue weighted by Crippen LogP contribution is -2.00. The van der Waals surface area contributed by atoms with Gasteiger partial charge in [0.05, 0.1) is 11.1 Å². The van der Waals surface area contributed by atoms with Crippen LogP contribution in [0.3, 0.4) is 0 Å². The highest BCUT2D eigenvalue weighted by Gasteiger charge is 2.12. The first kappa shape index (κ1) is 13.0. The molecule has 1 unspecified atom stereocenters. The number of benzene rings is 1. The van der Waals surface area contributed by atoms with Crippen molar-refractivity contribution < 1.29 is 5.11 Å². The maximum atomic E-state index is 10.1. The summed E-state index contributed by atoms with van der Waals surface area (Å²) >= 11 is 9.27. The van der Waals surface area contributed by atoms with E-state index in [2.05, 4.69) is 5.38 Å². The zero-order valence-corrected chi connectivity index (χ0v) is 11.8. The van der Waals surface area contributed by atoms with Gasteiger partial charge in [0.15, 0.2) is 0 Å². The van der Waals surface area contributed by atoms with E-state index in [0.717, 1.165) is 21.0 Å². The second-order valence-electron chi connectivity index (χ2n) is 3.77. The Morgan fingerprint density at radius 2 is 2.12 bits per heavy atom. The molecule has 17 heavy (non-hydrogen) atoms. The SMILES string of the molecule is Cc1cscc1C(O)CSc1ccccc1Cl. The second-order valence-corrected chi connectivity index (χ2v) is 5.98. The Kier molecular flexibility index (Phi) is 4.51. The summed E-state index contributed by atoms with van der Waals surface area (Å²) in [7, 11) is 0. The Labute approximate surface area is 114 Å². The van der Waals surface area contributed by atoms with Crippen molar-refractivity contribution in [3.63, 3.8) is 0 Å². The van der Waals surface area contributed by atoms with E-state index in [1.165, 1.54) is 0 Å². The molecule has 0 fully saturated rings. The summed E-state index contributed by atoms with van der Waals surface area (Å²) in [6.45, 7) is 2.02. The number of thiophene rings is 1. The molecule has 0 amide bonds. The average Bonchev–Trinajstić information content (AvgIpc) is 2.74. The highest BCUT2D eigenvalue weighted by molar-refractivity contribution is 7.99. The number of halogens is 1. The fraction of sp³-hybridized carbons (Fsp3) is 0.231. The van der Waals surface area contributed by atoms with Crippen LogP contribution in [0.4, 0.5) is 0 Å². The monoisotopic (exact) mass is 284 g/mol. The summed E-state index contributed by atoms with van der Waals surface area (Å²) in [5.74, 6) is 0.626. The van der Waals surface area contributed by atoms with E-state index in [1.807, 2.05) is 36.6 Å². The molecule has 0 radical (unpaired) electrons. The molecule has 90 valence electrons. The second kappa shape index (κ2) is 5.91. The molecule has 0 aliphatic heterocycles. The minimum absolute atomic E-state index is 0.428. The van der Waals surface area contributed by atoms with Crippen molar-refractivity contribution >= 4 is 34.7 Å². The Morgan fingerprint density at radius 1 is 1.35 bits per heavy atom. The van der Waals surface area contributed by atoms with Crippen LogP contribution in [-0.2, 0) is 0 Å². The van der Waals surface area contributed by atoms with Crippen molar-refractivity contribution in [2.24, 2.45) is 0 Å². The van der Waals surface area contributed by atoms with Crippen molar-refractivity contribution in [3.05, 3.63) is 51.2 Å². The number of hydrogen-bond acceptors (Lipinski definition) is 3. The fourth-order valence-corrected chi connectivity index (χ4v) is 3.63. The van der Waals surface area contributed by atoms with Crippen LogP contribution in [0.25, 0.3) is 0 Å². The highest BCUT2D eigenvalue weighted by Crippen LogP contribution is 2.31. The van der Waals surface area contributed by atoms with Crippen LogP contribution >= 0.6 is 34.7 Å². The van der Waals surface area contributed by atoms with E-state index in [0.29, 0.717) is 5.75 Å². The minimum atomic E-state index is -0.428. The van der Waals surface area contributed by atoms with Crippen molar-refractivity contribution in [2.75, 3.05) is 5.75 Å². The van der Waals surface area contributed by atoms with Gasteiger partial charge in [0.1, 0.15) is 0 Å². The molecule has 0 saturated carbocycles. The van der Waals surface area contributed by atoms with Gasteiger partial charge in [0.2, 0.25) is 0 Å². The van der Waals surface area contributed by atoms with Crippen molar-refractivity contribution in [2.45, 2.75) is 17.9 Å². The van der Waals surface area contributed by atoms with E-state index >= 15 is 0 Å². The van der Waals surface area contributed by atoms with Gasteiger partial charge in [-0.1, -0.05) is 23.7 Å². The number of aliphatic hydroxyl groups is 1. The Hall–Kier alpha value is -0.480. The molecule has 1 aromatic carbocycles. The fourth-order valence-electron chi connectivity index (χ4n) is 1.53. The Balaban J connectivity index is 2.00. The van der Waals surface area contributed by atoms with Gasteiger partial charge in [0, 0.05) is 10.6 Å². The van der Waals surface area contributed by atoms with Crippen LogP contribution in [-0.4, -0.2) is 10.9 Å². The first-order valence-corrected chi connectivity index (χ1v) is 7.57. The maximum Gasteiger partial charge on any atom is 0.0894 e. The lowest BCUT2D eigenvalue weighted by Gasteiger charge is -2.10. The molecule has 2 aromatic rings. The molecule has 0 aliphatic rings. The lowest BCUT2D eigenvalue weighted by molar-refractivity contribution is 0.204. The molecule has 0 aliphatic carbocycles. The predicted molar refractivity (Wildman–Crippen MR) is 76.2 cm³/mol. The molecule has 2 rings (SSSR count). The van der Waals surface area contributed by atoms with Crippen LogP contribution in [0.1, 0.15) is 17.2 Å². The number of thioether (sulfide) groups is 1. The summed E-state index contributed by atoms with van der Waals surface area (Å²) in [6, 6.07) is 7.70. The number of rotatable bonds is 4. The van der Waals surface area contributed by atoms with E-state index in [4.69, 9.17) is 11.6 Å². The smallest absolute Gasteiger partial charge is 0.0894 e. The minimum Gasteiger partial charge on any atom is -0.387 e. The van der Waals surface area contributed by atoms with Crippen LogP contribution in [0, 0.1) is 6.92 Å². The molecular weight excluding hydrogens is 272 g/mol. The van der Waals surface area contributed by atoms with Crippen molar-refractivity contribution in [1.82, 2.24) is 0 Å². The van der Waals surface area contributed by atoms with Gasteiger partial charge in [0.25, 0.3) is 0 Å². The third kappa shape index (κ3) is 3.26. The van der Waals surface area contributed by atoms with Gasteiger partial charge in [-0.15, -0.1) is 11.8 Å². The number of aliphatic hydroxyl groups excluding tert-OH is 1. The lowest BCUT2D eigenvalue weighted by atomic mass is 10.1. The molecular formula is C13H13ClOS2. The summed E-state index contributed by atoms with van der Waals surface area (Å²) in [5, 5.41) is 14.9. The largest absolute Gasteiger partial charge is 0.387 e. The topological polar surface area (TPSA) is 20.2 Å². The van der Waals surface area contributed by atoms with Crippen LogP contribution in [0.2, 0.25) is 5.02 Å². The normalized spacial score (nSPS) is 12.6. The molecule has 1 atom stereocenters. The van der Waals surface area contributed by atoms with Crippen LogP contribution < -0.4 is 0 Å². The average molecular weight is 285 g/mol. The molecule has 1 nitrogen and oxygen atoms in total. The van der Waals surface area contributed by atoms with Gasteiger partial charge < -0.3 is 5.11 Å². The summed E-state index contributed by atoms with van der Waals surface area (Å²) in [4.78, 5) is 1.01. The Bertz CT molecular complexity index is 496. The first-order chi connectivity index (χ1) is 8.18. The van der Waals surface area contributed by atoms with E-state index in [1.54, 1.807) is 23.1 Å². The van der Waals surface area contributed by atoms with Crippen LogP contribution in [0.5, 0.6) is 0 Å². The quantitative estimate of drug-likeness (QED) is 0.832. The molecule has 0 spiro atoms. The maximum absolute atomic E-state index is 10.1. The number of aryl methyl sites for hydroxylation is 1. The third-order valence-corrected chi connectivity index (χ3v) is 4.96. The number of hydrogen-bond donors (Lipinski definition) is 1. The molecule has 0 bridgehead atoms.